The molecule has 3 heterocycles. The zero-order valence-electron chi connectivity index (χ0n) is 16.1. The second-order valence-corrected chi connectivity index (χ2v) is 7.29. The van der Waals surface area contributed by atoms with Crippen LogP contribution in [0.25, 0.3) is 11.2 Å². The molecule has 1 aliphatic rings. The van der Waals surface area contributed by atoms with Crippen molar-refractivity contribution < 1.29 is 19.6 Å². The molecule has 3 aromatic rings. The molecule has 3 N–H and O–H groups in total. The SMILES string of the molecule is C[C@H]1O[C@@H](n2cnc3c(N)ncnc32)C[C@@]1(O)C(=O)CCc1ccc([N+](=O)[O-])cc1. The van der Waals surface area contributed by atoms with Crippen molar-refractivity contribution >= 4 is 28.5 Å². The Morgan fingerprint density at radius 1 is 1.37 bits per heavy atom. The molecule has 0 bridgehead atoms. The molecule has 0 spiro atoms. The lowest BCUT2D eigenvalue weighted by Gasteiger charge is -2.23. The molecule has 30 heavy (non-hydrogen) atoms. The molecule has 3 atom stereocenters. The van der Waals surface area contributed by atoms with E-state index in [0.29, 0.717) is 17.6 Å². The predicted octanol–water partition coefficient (Wildman–Crippen LogP) is 1.56. The molecule has 156 valence electrons. The van der Waals surface area contributed by atoms with Gasteiger partial charge in [0.15, 0.2) is 22.8 Å². The van der Waals surface area contributed by atoms with Crippen molar-refractivity contribution in [3.8, 4) is 0 Å². The molecule has 1 aromatic carbocycles. The number of Topliss-reactive ketones (excluding diaryl/α,β-unsaturated/α-hetero) is 1. The lowest BCUT2D eigenvalue weighted by Crippen LogP contribution is -2.44. The maximum absolute atomic E-state index is 12.9. The van der Waals surface area contributed by atoms with Crippen molar-refractivity contribution in [2.24, 2.45) is 0 Å². The summed E-state index contributed by atoms with van der Waals surface area (Å²) in [6, 6.07) is 6.00. The van der Waals surface area contributed by atoms with Crippen LogP contribution < -0.4 is 5.73 Å². The highest BCUT2D eigenvalue weighted by molar-refractivity contribution is 5.88. The summed E-state index contributed by atoms with van der Waals surface area (Å²) in [4.78, 5) is 35.4. The van der Waals surface area contributed by atoms with E-state index in [-0.39, 0.29) is 30.1 Å². The highest BCUT2D eigenvalue weighted by atomic mass is 16.6. The first-order valence-electron chi connectivity index (χ1n) is 9.37. The van der Waals surface area contributed by atoms with Crippen LogP contribution >= 0.6 is 0 Å². The number of aryl methyl sites for hydroxylation is 1. The van der Waals surface area contributed by atoms with Gasteiger partial charge in [-0.1, -0.05) is 12.1 Å². The van der Waals surface area contributed by atoms with E-state index in [2.05, 4.69) is 15.0 Å². The van der Waals surface area contributed by atoms with E-state index in [0.717, 1.165) is 5.56 Å². The van der Waals surface area contributed by atoms with Crippen LogP contribution in [0.5, 0.6) is 0 Å². The number of fused-ring (bicyclic) bond motifs is 1. The summed E-state index contributed by atoms with van der Waals surface area (Å²) < 4.78 is 7.49. The van der Waals surface area contributed by atoms with Gasteiger partial charge in [0, 0.05) is 25.0 Å². The molecule has 11 nitrogen and oxygen atoms in total. The number of nitrogens with two attached hydrogens (primary N) is 1. The first-order valence-corrected chi connectivity index (χ1v) is 9.37. The van der Waals surface area contributed by atoms with Crippen molar-refractivity contribution in [1.82, 2.24) is 19.5 Å². The van der Waals surface area contributed by atoms with E-state index in [4.69, 9.17) is 10.5 Å². The van der Waals surface area contributed by atoms with E-state index >= 15 is 0 Å². The van der Waals surface area contributed by atoms with Crippen LogP contribution in [0.2, 0.25) is 0 Å². The highest BCUT2D eigenvalue weighted by Gasteiger charge is 2.50. The number of aliphatic hydroxyl groups is 1. The van der Waals surface area contributed by atoms with Gasteiger partial charge < -0.3 is 15.6 Å². The Labute approximate surface area is 170 Å². The van der Waals surface area contributed by atoms with Crippen molar-refractivity contribution in [2.45, 2.75) is 44.1 Å². The molecule has 0 saturated carbocycles. The number of anilines is 1. The van der Waals surface area contributed by atoms with E-state index in [1.807, 2.05) is 0 Å². The summed E-state index contributed by atoms with van der Waals surface area (Å²) in [6.45, 7) is 1.65. The van der Waals surface area contributed by atoms with Crippen LogP contribution in [-0.2, 0) is 16.0 Å². The van der Waals surface area contributed by atoms with Gasteiger partial charge in [-0.15, -0.1) is 0 Å². The molecule has 2 aromatic heterocycles. The summed E-state index contributed by atoms with van der Waals surface area (Å²) in [5, 5.41) is 21.8. The Bertz CT molecular complexity index is 1110. The number of rotatable bonds is 6. The molecule has 0 amide bonds. The molecule has 0 radical (unpaired) electrons. The number of nitro groups is 1. The van der Waals surface area contributed by atoms with Gasteiger partial charge in [-0.3, -0.25) is 19.5 Å². The van der Waals surface area contributed by atoms with E-state index in [9.17, 15) is 20.0 Å². The van der Waals surface area contributed by atoms with Crippen LogP contribution in [-0.4, -0.2) is 47.0 Å². The summed E-state index contributed by atoms with van der Waals surface area (Å²) in [5.74, 6) is -0.117. The number of nitrogen functional groups attached to an aromatic ring is 1. The Hall–Kier alpha value is -3.44. The second kappa shape index (κ2) is 7.43. The lowest BCUT2D eigenvalue weighted by atomic mass is 9.87. The predicted molar refractivity (Wildman–Crippen MR) is 105 cm³/mol. The van der Waals surface area contributed by atoms with Crippen molar-refractivity contribution in [1.29, 1.82) is 0 Å². The summed E-state index contributed by atoms with van der Waals surface area (Å²) >= 11 is 0. The van der Waals surface area contributed by atoms with Crippen LogP contribution in [0.3, 0.4) is 0 Å². The third-order valence-corrected chi connectivity index (χ3v) is 5.49. The number of non-ortho nitro benzene ring substituents is 1. The Morgan fingerprint density at radius 3 is 2.80 bits per heavy atom. The smallest absolute Gasteiger partial charge is 0.269 e. The molecule has 4 rings (SSSR count). The van der Waals surface area contributed by atoms with Crippen LogP contribution in [0.4, 0.5) is 11.5 Å². The Kier molecular flexibility index (Phi) is 4.92. The van der Waals surface area contributed by atoms with Gasteiger partial charge in [0.2, 0.25) is 0 Å². The van der Waals surface area contributed by atoms with Gasteiger partial charge in [0.25, 0.3) is 5.69 Å². The summed E-state index contributed by atoms with van der Waals surface area (Å²) in [6.07, 6.45) is 1.93. The highest BCUT2D eigenvalue weighted by Crippen LogP contribution is 2.39. The molecular weight excluding hydrogens is 392 g/mol. The van der Waals surface area contributed by atoms with Crippen molar-refractivity contribution in [2.75, 3.05) is 5.73 Å². The average Bonchev–Trinajstić information content (AvgIpc) is 3.29. The molecular formula is C19H20N6O5. The fourth-order valence-electron chi connectivity index (χ4n) is 3.67. The topological polar surface area (TPSA) is 159 Å². The van der Waals surface area contributed by atoms with E-state index in [1.54, 1.807) is 23.6 Å². The zero-order valence-corrected chi connectivity index (χ0v) is 16.1. The maximum Gasteiger partial charge on any atom is 0.269 e. The van der Waals surface area contributed by atoms with Gasteiger partial charge in [-0.2, -0.15) is 0 Å². The number of aromatic nitrogens is 4. The zero-order chi connectivity index (χ0) is 21.5. The minimum atomic E-state index is -1.67. The molecule has 0 unspecified atom stereocenters. The van der Waals surface area contributed by atoms with Crippen LogP contribution in [0.15, 0.2) is 36.9 Å². The van der Waals surface area contributed by atoms with Gasteiger partial charge in [-0.05, 0) is 18.9 Å². The first-order chi connectivity index (χ1) is 14.3. The Morgan fingerprint density at radius 2 is 2.10 bits per heavy atom. The van der Waals surface area contributed by atoms with Crippen molar-refractivity contribution in [3.63, 3.8) is 0 Å². The third-order valence-electron chi connectivity index (χ3n) is 5.49. The van der Waals surface area contributed by atoms with Gasteiger partial charge in [-0.25, -0.2) is 15.0 Å². The fourth-order valence-corrected chi connectivity index (χ4v) is 3.67. The average molecular weight is 412 g/mol. The molecule has 11 heteroatoms. The minimum absolute atomic E-state index is 0.0126. The van der Waals surface area contributed by atoms with E-state index < -0.39 is 22.9 Å². The number of hydrogen-bond donors (Lipinski definition) is 2. The number of nitrogens with zero attached hydrogens (tertiary/aromatic N) is 5. The number of benzene rings is 1. The molecule has 1 saturated heterocycles. The monoisotopic (exact) mass is 412 g/mol. The number of nitro benzene ring substituents is 1. The number of hydrogen-bond acceptors (Lipinski definition) is 9. The maximum atomic E-state index is 12.9. The number of imidazole rings is 1. The Balaban J connectivity index is 1.47. The fraction of sp³-hybridized carbons (Fsp3) is 0.368. The van der Waals surface area contributed by atoms with Crippen LogP contribution in [0, 0.1) is 10.1 Å². The molecule has 1 aliphatic heterocycles. The standard InChI is InChI=1S/C19H20N6O5/c1-11-19(27,14(26)7-4-12-2-5-13(6-3-12)25(28)29)8-15(30-11)24-10-23-16-17(20)21-9-22-18(16)24/h2-3,5-6,9-11,15,27H,4,7-8H2,1H3,(H2,20,21,22)/t11-,15-,19+/m1/s1. The normalized spacial score (nSPS) is 23.7. The van der Waals surface area contributed by atoms with Gasteiger partial charge in [0.05, 0.1) is 17.4 Å². The summed E-state index contributed by atoms with van der Waals surface area (Å²) in [5.41, 5.74) is 5.79. The van der Waals surface area contributed by atoms with Crippen molar-refractivity contribution in [3.05, 3.63) is 52.6 Å². The quantitative estimate of drug-likeness (QED) is 0.452. The summed E-state index contributed by atoms with van der Waals surface area (Å²) in [7, 11) is 0. The van der Waals surface area contributed by atoms with Gasteiger partial charge >= 0.3 is 0 Å². The van der Waals surface area contributed by atoms with Gasteiger partial charge in [0.1, 0.15) is 18.1 Å². The minimum Gasteiger partial charge on any atom is -0.382 e. The largest absolute Gasteiger partial charge is 0.382 e. The number of ketones is 1. The molecule has 1 fully saturated rings. The molecule has 0 aliphatic carbocycles. The van der Waals surface area contributed by atoms with Crippen LogP contribution in [0.1, 0.15) is 31.6 Å². The first kappa shape index (κ1) is 19.9. The third kappa shape index (κ3) is 3.37. The lowest BCUT2D eigenvalue weighted by molar-refractivity contribution is -0.384. The number of carbonyl (C=O) groups excluding carboxylic acids is 1. The van der Waals surface area contributed by atoms with E-state index in [1.165, 1.54) is 24.8 Å². The second-order valence-electron chi connectivity index (χ2n) is 7.29. The number of ether oxygens (including phenoxy) is 1. The number of carbonyl (C=O) groups is 1.